The molecule has 4 fully saturated rings. The van der Waals surface area contributed by atoms with Crippen LogP contribution in [0.4, 0.5) is 16.0 Å². The van der Waals surface area contributed by atoms with Crippen molar-refractivity contribution in [2.24, 2.45) is 11.8 Å². The van der Waals surface area contributed by atoms with Gasteiger partial charge in [0.25, 0.3) is 0 Å². The number of fused-ring (bicyclic) bond motifs is 2. The van der Waals surface area contributed by atoms with Crippen molar-refractivity contribution in [3.63, 3.8) is 0 Å². The highest BCUT2D eigenvalue weighted by atomic mass is 35.5. The zero-order valence-corrected chi connectivity index (χ0v) is 22.3. The van der Waals surface area contributed by atoms with Crippen molar-refractivity contribution >= 4 is 34.1 Å². The van der Waals surface area contributed by atoms with E-state index in [0.717, 1.165) is 40.9 Å². The first kappa shape index (κ1) is 24.7. The fraction of sp³-hybridized carbons (Fsp3) is 0.607. The summed E-state index contributed by atoms with van der Waals surface area (Å²) in [5.74, 6) is 1.76. The van der Waals surface area contributed by atoms with Crippen LogP contribution < -0.4 is 5.32 Å². The summed E-state index contributed by atoms with van der Waals surface area (Å²) < 4.78 is 22.9. The molecule has 0 bridgehead atoms. The van der Waals surface area contributed by atoms with E-state index in [-0.39, 0.29) is 12.0 Å². The van der Waals surface area contributed by atoms with Crippen LogP contribution in [0.25, 0.3) is 10.9 Å². The number of nitrogens with one attached hydrogen (secondary N) is 1. The largest absolute Gasteiger partial charge is 0.389 e. The maximum absolute atomic E-state index is 15.5. The SMILES string of the molecule is Cc1cc2cnc(Nc3cnn(C4CCC5CCC54)c3Cl)nc2cc1C1CCN(C2COC[C@H]2O)CC1F. The Balaban J connectivity index is 1.10. The van der Waals surface area contributed by atoms with Crippen LogP contribution in [0.1, 0.15) is 55.2 Å². The molecule has 1 aromatic carbocycles. The van der Waals surface area contributed by atoms with Gasteiger partial charge >= 0.3 is 0 Å². The van der Waals surface area contributed by atoms with Gasteiger partial charge in [0.2, 0.25) is 5.95 Å². The second-order valence-corrected chi connectivity index (χ2v) is 12.0. The summed E-state index contributed by atoms with van der Waals surface area (Å²) in [5.41, 5.74) is 3.51. The molecule has 2 aliphatic heterocycles. The van der Waals surface area contributed by atoms with Gasteiger partial charge in [0, 0.05) is 24.0 Å². The van der Waals surface area contributed by atoms with Crippen LogP contribution in [-0.2, 0) is 4.74 Å². The van der Waals surface area contributed by atoms with E-state index < -0.39 is 12.3 Å². The first-order chi connectivity index (χ1) is 18.5. The number of nitrogens with zero attached hydrogens (tertiary/aromatic N) is 5. The maximum atomic E-state index is 15.5. The summed E-state index contributed by atoms with van der Waals surface area (Å²) >= 11 is 6.75. The van der Waals surface area contributed by atoms with Gasteiger partial charge in [-0.2, -0.15) is 5.10 Å². The van der Waals surface area contributed by atoms with Gasteiger partial charge in [-0.25, -0.2) is 19.0 Å². The third kappa shape index (κ3) is 4.18. The molecule has 2 saturated heterocycles. The second kappa shape index (κ2) is 9.70. The summed E-state index contributed by atoms with van der Waals surface area (Å²) in [6.07, 6.45) is 7.67. The summed E-state index contributed by atoms with van der Waals surface area (Å²) in [5, 5.41) is 19.6. The molecule has 7 atom stereocenters. The van der Waals surface area contributed by atoms with Crippen LogP contribution in [0, 0.1) is 18.8 Å². The lowest BCUT2D eigenvalue weighted by Crippen LogP contribution is -2.50. The van der Waals surface area contributed by atoms with E-state index in [0.29, 0.717) is 54.9 Å². The van der Waals surface area contributed by atoms with Crippen molar-refractivity contribution in [3.05, 3.63) is 40.8 Å². The normalized spacial score (nSPS) is 33.4. The molecule has 2 saturated carbocycles. The number of ether oxygens (including phenoxy) is 1. The number of anilines is 2. The van der Waals surface area contributed by atoms with Gasteiger partial charge in [-0.15, -0.1) is 0 Å². The van der Waals surface area contributed by atoms with Crippen LogP contribution in [-0.4, -0.2) is 74.4 Å². The monoisotopic (exact) mass is 540 g/mol. The standard InChI is InChI=1S/C28H34ClFN6O2/c1-15-8-17-10-31-28(34-23-11-32-36(27(23)29)24-5-3-16-2-4-18(16)24)33-22(17)9-20(15)19-6-7-35(12-21(19)30)25-13-38-14-26(25)37/h8-11,16,18-19,21,24-26,37H,2-7,12-14H2,1H3,(H,31,33,34)/t16?,18?,19?,21?,24?,25?,26-/m1/s1. The lowest BCUT2D eigenvalue weighted by molar-refractivity contribution is 0.0352. The Morgan fingerprint density at radius 3 is 2.71 bits per heavy atom. The fourth-order valence-electron chi connectivity index (χ4n) is 7.27. The molecule has 8 nitrogen and oxygen atoms in total. The quantitative estimate of drug-likeness (QED) is 0.481. The Morgan fingerprint density at radius 2 is 1.97 bits per heavy atom. The third-order valence-corrected chi connectivity index (χ3v) is 9.91. The summed E-state index contributed by atoms with van der Waals surface area (Å²) in [6.45, 7) is 3.85. The number of aliphatic hydroxyl groups is 1. The number of aliphatic hydroxyl groups excluding tert-OH is 1. The van der Waals surface area contributed by atoms with Gasteiger partial charge in [-0.1, -0.05) is 11.6 Å². The summed E-state index contributed by atoms with van der Waals surface area (Å²) in [6, 6.07) is 4.32. The van der Waals surface area contributed by atoms with E-state index in [4.69, 9.17) is 21.3 Å². The molecule has 10 heteroatoms. The molecule has 6 unspecified atom stereocenters. The Hall–Kier alpha value is -2.33. The molecule has 7 rings (SSSR count). The van der Waals surface area contributed by atoms with Crippen molar-refractivity contribution in [3.8, 4) is 0 Å². The van der Waals surface area contributed by atoms with E-state index in [1.54, 1.807) is 12.4 Å². The minimum atomic E-state index is -1.03. The maximum Gasteiger partial charge on any atom is 0.227 e. The third-order valence-electron chi connectivity index (χ3n) is 9.53. The average Bonchev–Trinajstić information content (AvgIpc) is 3.55. The number of piperidine rings is 1. The van der Waals surface area contributed by atoms with Crippen molar-refractivity contribution in [1.29, 1.82) is 0 Å². The molecule has 4 aliphatic rings. The average molecular weight is 541 g/mol. The highest BCUT2D eigenvalue weighted by molar-refractivity contribution is 6.32. The molecule has 2 aromatic heterocycles. The smallest absolute Gasteiger partial charge is 0.227 e. The lowest BCUT2D eigenvalue weighted by Gasteiger charge is -2.39. The molecule has 38 heavy (non-hydrogen) atoms. The predicted molar refractivity (Wildman–Crippen MR) is 144 cm³/mol. The summed E-state index contributed by atoms with van der Waals surface area (Å²) in [4.78, 5) is 11.3. The number of likely N-dealkylation sites (tertiary alicyclic amines) is 1. The van der Waals surface area contributed by atoms with Crippen molar-refractivity contribution in [1.82, 2.24) is 24.6 Å². The number of aromatic nitrogens is 4. The van der Waals surface area contributed by atoms with E-state index in [1.807, 2.05) is 28.6 Å². The zero-order chi connectivity index (χ0) is 26.0. The van der Waals surface area contributed by atoms with Crippen LogP contribution in [0.3, 0.4) is 0 Å². The molecule has 202 valence electrons. The van der Waals surface area contributed by atoms with Gasteiger partial charge in [0.15, 0.2) is 5.15 Å². The molecule has 0 radical (unpaired) electrons. The highest BCUT2D eigenvalue weighted by Crippen LogP contribution is 2.53. The number of hydrogen-bond acceptors (Lipinski definition) is 7. The van der Waals surface area contributed by atoms with E-state index in [1.165, 1.54) is 19.3 Å². The molecule has 2 aliphatic carbocycles. The Labute approximate surface area is 226 Å². The number of hydrogen-bond donors (Lipinski definition) is 2. The molecule has 0 spiro atoms. The summed E-state index contributed by atoms with van der Waals surface area (Å²) in [7, 11) is 0. The molecule has 4 heterocycles. The highest BCUT2D eigenvalue weighted by Gasteiger charge is 2.44. The minimum absolute atomic E-state index is 0.117. The van der Waals surface area contributed by atoms with Crippen LogP contribution in [0.2, 0.25) is 5.15 Å². The van der Waals surface area contributed by atoms with Crippen molar-refractivity contribution < 1.29 is 14.2 Å². The Kier molecular flexibility index (Phi) is 6.30. The number of halogens is 2. The van der Waals surface area contributed by atoms with Crippen molar-refractivity contribution in [2.75, 3.05) is 31.6 Å². The Bertz CT molecular complexity index is 1350. The van der Waals surface area contributed by atoms with Gasteiger partial charge < -0.3 is 15.2 Å². The molecule has 3 aromatic rings. The first-order valence-corrected chi connectivity index (χ1v) is 14.3. The lowest BCUT2D eigenvalue weighted by atomic mass is 9.75. The molecular formula is C28H34ClFN6O2. The van der Waals surface area contributed by atoms with Gasteiger partial charge in [0.1, 0.15) is 6.17 Å². The van der Waals surface area contributed by atoms with Crippen LogP contribution in [0.15, 0.2) is 24.5 Å². The number of alkyl halides is 1. The zero-order valence-electron chi connectivity index (χ0n) is 21.6. The fourth-order valence-corrected chi connectivity index (χ4v) is 7.54. The minimum Gasteiger partial charge on any atom is -0.389 e. The number of rotatable bonds is 5. The van der Waals surface area contributed by atoms with Crippen LogP contribution >= 0.6 is 11.6 Å². The van der Waals surface area contributed by atoms with E-state index in [9.17, 15) is 5.11 Å². The number of aryl methyl sites for hydroxylation is 1. The Morgan fingerprint density at radius 1 is 1.11 bits per heavy atom. The second-order valence-electron chi connectivity index (χ2n) is 11.6. The van der Waals surface area contributed by atoms with Gasteiger partial charge in [-0.05, 0) is 80.7 Å². The molecular weight excluding hydrogens is 507 g/mol. The first-order valence-electron chi connectivity index (χ1n) is 13.9. The van der Waals surface area contributed by atoms with E-state index >= 15 is 4.39 Å². The van der Waals surface area contributed by atoms with Crippen molar-refractivity contribution in [2.45, 2.75) is 69.3 Å². The van der Waals surface area contributed by atoms with Gasteiger partial charge in [0.05, 0.1) is 48.8 Å². The molecule has 2 N–H and O–H groups in total. The predicted octanol–water partition coefficient (Wildman–Crippen LogP) is 4.78. The topological polar surface area (TPSA) is 88.3 Å². The van der Waals surface area contributed by atoms with Gasteiger partial charge in [-0.3, -0.25) is 4.90 Å². The number of benzene rings is 1. The molecule has 0 amide bonds. The van der Waals surface area contributed by atoms with E-state index in [2.05, 4.69) is 15.4 Å². The van der Waals surface area contributed by atoms with Crippen LogP contribution in [0.5, 0.6) is 0 Å².